The van der Waals surface area contributed by atoms with Crippen LogP contribution in [0.3, 0.4) is 0 Å². The SMILES string of the molecule is CCc1ccc(-c2cn3c(C(=O)N(C)[C@@H](C)c4ccccn4)csc3n2)cc1. The van der Waals surface area contributed by atoms with Gasteiger partial charge in [-0.3, -0.25) is 14.2 Å². The van der Waals surface area contributed by atoms with Crippen molar-refractivity contribution < 1.29 is 4.79 Å². The van der Waals surface area contributed by atoms with Gasteiger partial charge in [0, 0.05) is 30.4 Å². The minimum Gasteiger partial charge on any atom is -0.332 e. The summed E-state index contributed by atoms with van der Waals surface area (Å²) in [4.78, 5) is 24.7. The van der Waals surface area contributed by atoms with E-state index < -0.39 is 0 Å². The minimum absolute atomic E-state index is 0.0466. The largest absolute Gasteiger partial charge is 0.332 e. The van der Waals surface area contributed by atoms with E-state index in [4.69, 9.17) is 4.98 Å². The molecule has 0 saturated heterocycles. The van der Waals surface area contributed by atoms with Crippen LogP contribution in [0.1, 0.15) is 41.6 Å². The molecule has 4 aromatic rings. The number of hydrogen-bond acceptors (Lipinski definition) is 4. The van der Waals surface area contributed by atoms with Gasteiger partial charge < -0.3 is 4.90 Å². The Balaban J connectivity index is 1.63. The van der Waals surface area contributed by atoms with Gasteiger partial charge >= 0.3 is 0 Å². The van der Waals surface area contributed by atoms with Crippen molar-refractivity contribution >= 4 is 22.2 Å². The molecule has 0 aliphatic carbocycles. The molecule has 4 rings (SSSR count). The van der Waals surface area contributed by atoms with Crippen LogP contribution in [0.15, 0.2) is 60.2 Å². The molecule has 0 N–H and O–H groups in total. The Morgan fingerprint density at radius 3 is 2.68 bits per heavy atom. The van der Waals surface area contributed by atoms with E-state index in [9.17, 15) is 4.79 Å². The van der Waals surface area contributed by atoms with Gasteiger partial charge in [-0.2, -0.15) is 0 Å². The van der Waals surface area contributed by atoms with Crippen LogP contribution in [-0.4, -0.2) is 32.2 Å². The number of imidazole rings is 1. The number of aryl methyl sites for hydroxylation is 1. The zero-order chi connectivity index (χ0) is 19.7. The van der Waals surface area contributed by atoms with Crippen molar-refractivity contribution in [1.82, 2.24) is 19.3 Å². The molecule has 0 saturated carbocycles. The first kappa shape index (κ1) is 18.4. The topological polar surface area (TPSA) is 50.5 Å². The molecular weight excluding hydrogens is 368 g/mol. The molecule has 3 aromatic heterocycles. The molecule has 3 heterocycles. The predicted octanol–water partition coefficient (Wildman–Crippen LogP) is 4.85. The molecule has 1 atom stereocenters. The molecule has 0 fully saturated rings. The molecule has 0 unspecified atom stereocenters. The number of benzene rings is 1. The number of rotatable bonds is 5. The minimum atomic E-state index is -0.117. The van der Waals surface area contributed by atoms with Crippen LogP contribution in [0.25, 0.3) is 16.2 Å². The maximum absolute atomic E-state index is 13.1. The van der Waals surface area contributed by atoms with Gasteiger partial charge in [0.25, 0.3) is 5.91 Å². The number of carbonyl (C=O) groups excluding carboxylic acids is 1. The van der Waals surface area contributed by atoms with Crippen molar-refractivity contribution in [3.8, 4) is 11.3 Å². The predicted molar refractivity (Wildman–Crippen MR) is 113 cm³/mol. The fraction of sp³-hybridized carbons (Fsp3) is 0.227. The first-order valence-electron chi connectivity index (χ1n) is 9.32. The highest BCUT2D eigenvalue weighted by molar-refractivity contribution is 7.15. The van der Waals surface area contributed by atoms with Crippen molar-refractivity contribution in [1.29, 1.82) is 0 Å². The number of pyridine rings is 1. The van der Waals surface area contributed by atoms with Gasteiger partial charge in [0.1, 0.15) is 5.69 Å². The van der Waals surface area contributed by atoms with Gasteiger partial charge in [-0.15, -0.1) is 11.3 Å². The Morgan fingerprint density at radius 2 is 2.00 bits per heavy atom. The van der Waals surface area contributed by atoms with Crippen LogP contribution in [0.5, 0.6) is 0 Å². The van der Waals surface area contributed by atoms with E-state index in [0.29, 0.717) is 5.69 Å². The van der Waals surface area contributed by atoms with E-state index in [-0.39, 0.29) is 11.9 Å². The number of amides is 1. The van der Waals surface area contributed by atoms with Crippen molar-refractivity contribution in [3.63, 3.8) is 0 Å². The van der Waals surface area contributed by atoms with Crippen LogP contribution >= 0.6 is 11.3 Å². The molecule has 0 aliphatic heterocycles. The Hall–Kier alpha value is -2.99. The molecule has 0 bridgehead atoms. The second kappa shape index (κ2) is 7.56. The smallest absolute Gasteiger partial charge is 0.272 e. The molecule has 5 nitrogen and oxygen atoms in total. The van der Waals surface area contributed by atoms with E-state index in [1.807, 2.05) is 48.1 Å². The zero-order valence-corrected chi connectivity index (χ0v) is 17.0. The molecule has 28 heavy (non-hydrogen) atoms. The van der Waals surface area contributed by atoms with E-state index in [2.05, 4.69) is 36.2 Å². The van der Waals surface area contributed by atoms with E-state index in [0.717, 1.165) is 28.3 Å². The first-order chi connectivity index (χ1) is 13.6. The highest BCUT2D eigenvalue weighted by Crippen LogP contribution is 2.26. The van der Waals surface area contributed by atoms with Crippen LogP contribution in [-0.2, 0) is 6.42 Å². The highest BCUT2D eigenvalue weighted by Gasteiger charge is 2.23. The summed E-state index contributed by atoms with van der Waals surface area (Å²) in [5.41, 5.74) is 4.72. The van der Waals surface area contributed by atoms with Gasteiger partial charge in [-0.25, -0.2) is 4.98 Å². The van der Waals surface area contributed by atoms with E-state index in [1.165, 1.54) is 16.9 Å². The third-order valence-electron chi connectivity index (χ3n) is 5.10. The summed E-state index contributed by atoms with van der Waals surface area (Å²) in [6, 6.07) is 14.0. The summed E-state index contributed by atoms with van der Waals surface area (Å²) in [6.07, 6.45) is 4.70. The summed E-state index contributed by atoms with van der Waals surface area (Å²) in [5.74, 6) is -0.0466. The Morgan fingerprint density at radius 1 is 1.21 bits per heavy atom. The molecule has 142 valence electrons. The number of nitrogens with zero attached hydrogens (tertiary/aromatic N) is 4. The molecule has 1 amide bonds. The van der Waals surface area contributed by atoms with Crippen molar-refractivity contribution in [2.45, 2.75) is 26.3 Å². The first-order valence-corrected chi connectivity index (χ1v) is 10.2. The summed E-state index contributed by atoms with van der Waals surface area (Å²) >= 11 is 1.48. The number of thiazole rings is 1. The van der Waals surface area contributed by atoms with Crippen LogP contribution in [0, 0.1) is 0 Å². The van der Waals surface area contributed by atoms with Crippen LogP contribution in [0.4, 0.5) is 0 Å². The van der Waals surface area contributed by atoms with Gasteiger partial charge in [-0.1, -0.05) is 37.3 Å². The lowest BCUT2D eigenvalue weighted by molar-refractivity contribution is 0.0733. The maximum Gasteiger partial charge on any atom is 0.272 e. The van der Waals surface area contributed by atoms with Crippen LogP contribution in [0.2, 0.25) is 0 Å². The van der Waals surface area contributed by atoms with Crippen molar-refractivity contribution in [2.24, 2.45) is 0 Å². The highest BCUT2D eigenvalue weighted by atomic mass is 32.1. The Labute approximate surface area is 168 Å². The summed E-state index contributed by atoms with van der Waals surface area (Å²) < 4.78 is 1.89. The molecule has 0 spiro atoms. The van der Waals surface area contributed by atoms with Crippen LogP contribution < -0.4 is 0 Å². The monoisotopic (exact) mass is 390 g/mol. The second-order valence-corrected chi connectivity index (χ2v) is 7.63. The fourth-order valence-corrected chi connectivity index (χ4v) is 4.01. The van der Waals surface area contributed by atoms with Gasteiger partial charge in [0.05, 0.1) is 17.4 Å². The number of fused-ring (bicyclic) bond motifs is 1. The molecule has 0 aliphatic rings. The second-order valence-electron chi connectivity index (χ2n) is 6.80. The molecule has 1 aromatic carbocycles. The number of aromatic nitrogens is 3. The average Bonchev–Trinajstić information content (AvgIpc) is 3.34. The number of hydrogen-bond donors (Lipinski definition) is 0. The van der Waals surface area contributed by atoms with Crippen molar-refractivity contribution in [3.05, 3.63) is 77.2 Å². The quantitative estimate of drug-likeness (QED) is 0.489. The van der Waals surface area contributed by atoms with Crippen molar-refractivity contribution in [2.75, 3.05) is 7.05 Å². The lowest BCUT2D eigenvalue weighted by Gasteiger charge is -2.24. The number of carbonyl (C=O) groups is 1. The van der Waals surface area contributed by atoms with E-state index in [1.54, 1.807) is 11.1 Å². The third kappa shape index (κ3) is 3.31. The Bertz CT molecular complexity index is 1100. The fourth-order valence-electron chi connectivity index (χ4n) is 3.17. The van der Waals surface area contributed by atoms with Gasteiger partial charge in [-0.05, 0) is 31.0 Å². The summed E-state index contributed by atoms with van der Waals surface area (Å²) in [6.45, 7) is 4.13. The standard InChI is InChI=1S/C22H22N4OS/c1-4-16-8-10-17(11-9-16)19-13-26-20(14-28-22(26)24-19)21(27)25(3)15(2)18-7-5-6-12-23-18/h5-15H,4H2,1-3H3/t15-/m0/s1. The third-order valence-corrected chi connectivity index (χ3v) is 5.94. The molecule has 6 heteroatoms. The summed E-state index contributed by atoms with van der Waals surface area (Å²) in [5, 5.41) is 1.87. The maximum atomic E-state index is 13.1. The van der Waals surface area contributed by atoms with Gasteiger partial charge in [0.15, 0.2) is 4.96 Å². The molecule has 0 radical (unpaired) electrons. The summed E-state index contributed by atoms with van der Waals surface area (Å²) in [7, 11) is 1.81. The lowest BCUT2D eigenvalue weighted by atomic mass is 10.1. The lowest BCUT2D eigenvalue weighted by Crippen LogP contribution is -2.30. The molecular formula is C22H22N4OS. The van der Waals surface area contributed by atoms with E-state index >= 15 is 0 Å². The normalized spacial score (nSPS) is 12.2. The van der Waals surface area contributed by atoms with Gasteiger partial charge in [0.2, 0.25) is 0 Å². The Kier molecular flexibility index (Phi) is 4.96. The zero-order valence-electron chi connectivity index (χ0n) is 16.2. The average molecular weight is 391 g/mol.